The topological polar surface area (TPSA) is 0 Å². The van der Waals surface area contributed by atoms with Gasteiger partial charge in [0.1, 0.15) is 0 Å². The molecule has 0 N–H and O–H groups in total. The molecule has 131 valence electrons. The van der Waals surface area contributed by atoms with Gasteiger partial charge in [0.2, 0.25) is 0 Å². The van der Waals surface area contributed by atoms with Gasteiger partial charge in [-0.05, 0) is 35.1 Å². The normalized spacial score (nSPS) is 14.4. The molecule has 0 unspecified atom stereocenters. The molecule has 0 aliphatic heterocycles. The van der Waals surface area contributed by atoms with Gasteiger partial charge in [0.15, 0.2) is 0 Å². The van der Waals surface area contributed by atoms with E-state index in [1.807, 2.05) is 0 Å². The van der Waals surface area contributed by atoms with Gasteiger partial charge >= 0.3 is 0 Å². The number of hydrogen-bond acceptors (Lipinski definition) is 0. The Labute approximate surface area is 202 Å². The van der Waals surface area contributed by atoms with Crippen LogP contribution in [0, 0.1) is 0 Å². The summed E-state index contributed by atoms with van der Waals surface area (Å²) in [6.45, 7) is 4.52. The first kappa shape index (κ1) is 21.9. The van der Waals surface area contributed by atoms with E-state index in [-0.39, 0.29) is 56.8 Å². The van der Waals surface area contributed by atoms with E-state index in [0.717, 1.165) is 12.8 Å². The third-order valence-electron chi connectivity index (χ3n) is 5.25. The van der Waals surface area contributed by atoms with Crippen molar-refractivity contribution in [2.75, 3.05) is 0 Å². The maximum Gasteiger partial charge on any atom is 0.0574 e. The molecule has 0 amide bonds. The zero-order valence-electron chi connectivity index (χ0n) is 16.7. The van der Waals surface area contributed by atoms with Crippen molar-refractivity contribution < 1.29 is 0 Å². The smallest absolute Gasteiger partial charge is 0.0574 e. The van der Waals surface area contributed by atoms with Crippen molar-refractivity contribution >= 4 is 51.4 Å². The van der Waals surface area contributed by atoms with E-state index >= 15 is 0 Å². The van der Waals surface area contributed by atoms with E-state index in [9.17, 15) is 0 Å². The van der Waals surface area contributed by atoms with Crippen LogP contribution < -0.4 is 0 Å². The van der Waals surface area contributed by atoms with E-state index < -0.39 is 0 Å². The molecule has 1 aliphatic carbocycles. The first-order valence-corrected chi connectivity index (χ1v) is 9.88. The van der Waals surface area contributed by atoms with Gasteiger partial charge in [0.25, 0.3) is 0 Å². The first-order chi connectivity index (χ1) is 12.3. The van der Waals surface area contributed by atoms with Crippen molar-refractivity contribution in [3.8, 4) is 11.1 Å². The van der Waals surface area contributed by atoms with E-state index in [2.05, 4.69) is 86.7 Å². The van der Waals surface area contributed by atoms with Crippen LogP contribution >= 0.6 is 0 Å². The van der Waals surface area contributed by atoms with Crippen molar-refractivity contribution in [1.29, 1.82) is 0 Å². The number of unbranched alkanes of at least 4 members (excludes halogenated alkanes) is 4. The average molecular weight is 370 g/mol. The fourth-order valence-corrected chi connectivity index (χ4v) is 3.90. The molecule has 0 heterocycles. The van der Waals surface area contributed by atoms with E-state index in [1.54, 1.807) is 0 Å². The van der Waals surface area contributed by atoms with Crippen molar-refractivity contribution in [2.24, 2.45) is 0 Å². The maximum absolute atomic E-state index is 2.45. The number of rotatable bonds is 8. The summed E-state index contributed by atoms with van der Waals surface area (Å²) >= 11 is 0. The van der Waals surface area contributed by atoms with Crippen LogP contribution in [0.2, 0.25) is 0 Å². The fourth-order valence-electron chi connectivity index (χ4n) is 3.90. The van der Waals surface area contributed by atoms with Gasteiger partial charge in [-0.2, -0.15) is 0 Å². The van der Waals surface area contributed by atoms with Gasteiger partial charge in [0, 0.05) is 51.4 Å². The van der Waals surface area contributed by atoms with Crippen molar-refractivity contribution in [2.45, 2.75) is 57.8 Å². The van der Waals surface area contributed by atoms with Crippen LogP contribution in [0.4, 0.5) is 0 Å². The predicted octanol–water partition coefficient (Wildman–Crippen LogP) is 7.07. The second kappa shape index (κ2) is 10.8. The minimum atomic E-state index is -0.103. The number of hydrogen-bond donors (Lipinski definition) is 0. The molecule has 3 rings (SSSR count). The Balaban J connectivity index is 0.00000243. The molecular formula is C25H30K. The Hall–Kier alpha value is -0.444. The average Bonchev–Trinajstić information content (AvgIpc) is 2.94. The molecule has 0 bridgehead atoms. The maximum atomic E-state index is 2.45. The largest absolute Gasteiger partial charge is 0.0870 e. The molecule has 26 heavy (non-hydrogen) atoms. The van der Waals surface area contributed by atoms with Gasteiger partial charge in [-0.25, -0.2) is 0 Å². The van der Waals surface area contributed by atoms with Crippen molar-refractivity contribution in [1.82, 2.24) is 0 Å². The second-order valence-corrected chi connectivity index (χ2v) is 7.05. The quantitative estimate of drug-likeness (QED) is 0.265. The summed E-state index contributed by atoms with van der Waals surface area (Å²) in [4.78, 5) is 0. The summed E-state index contributed by atoms with van der Waals surface area (Å²) in [5.41, 5.74) is 5.53. The molecule has 0 aromatic heterocycles. The number of fused-ring (bicyclic) bond motifs is 3. The minimum absolute atomic E-state index is 0. The molecule has 0 saturated heterocycles. The van der Waals surface area contributed by atoms with Crippen LogP contribution in [-0.2, 0) is 5.41 Å². The third-order valence-corrected chi connectivity index (χ3v) is 5.25. The van der Waals surface area contributed by atoms with E-state index in [0.29, 0.717) is 0 Å². The molecule has 0 fully saturated rings. The SMILES string of the molecule is CCCCC=CC1(C=CCCCC)c2ccccc2-c2ccccc21.[K]. The summed E-state index contributed by atoms with van der Waals surface area (Å²) in [5.74, 6) is 0. The third kappa shape index (κ3) is 4.51. The van der Waals surface area contributed by atoms with Crippen LogP contribution in [-0.4, -0.2) is 51.4 Å². The molecule has 1 radical (unpaired) electrons. The molecule has 0 saturated carbocycles. The summed E-state index contributed by atoms with van der Waals surface area (Å²) in [7, 11) is 0. The number of benzene rings is 2. The van der Waals surface area contributed by atoms with Crippen molar-refractivity contribution in [3.05, 3.63) is 84.0 Å². The minimum Gasteiger partial charge on any atom is -0.0870 e. The molecule has 1 aliphatic rings. The molecule has 2 aromatic carbocycles. The summed E-state index contributed by atoms with van der Waals surface area (Å²) in [6.07, 6.45) is 17.0. The second-order valence-electron chi connectivity index (χ2n) is 7.05. The van der Waals surface area contributed by atoms with Gasteiger partial charge in [-0.1, -0.05) is 112 Å². The first-order valence-electron chi connectivity index (χ1n) is 9.88. The summed E-state index contributed by atoms with van der Waals surface area (Å²) in [6, 6.07) is 17.8. The Morgan fingerprint density at radius 2 is 1.12 bits per heavy atom. The molecule has 0 atom stereocenters. The zero-order valence-corrected chi connectivity index (χ0v) is 19.8. The number of allylic oxidation sites excluding steroid dienone is 4. The molecule has 0 spiro atoms. The van der Waals surface area contributed by atoms with Crippen LogP contribution in [0.3, 0.4) is 0 Å². The Morgan fingerprint density at radius 3 is 1.54 bits per heavy atom. The van der Waals surface area contributed by atoms with Crippen LogP contribution in [0.15, 0.2) is 72.8 Å². The van der Waals surface area contributed by atoms with E-state index in [4.69, 9.17) is 0 Å². The van der Waals surface area contributed by atoms with Crippen LogP contribution in [0.1, 0.15) is 63.5 Å². The Morgan fingerprint density at radius 1 is 0.692 bits per heavy atom. The van der Waals surface area contributed by atoms with Crippen LogP contribution in [0.25, 0.3) is 11.1 Å². The molecule has 2 aromatic rings. The zero-order chi connectivity index (χ0) is 17.5. The van der Waals surface area contributed by atoms with Gasteiger partial charge < -0.3 is 0 Å². The van der Waals surface area contributed by atoms with Gasteiger partial charge in [0.05, 0.1) is 5.41 Å². The fraction of sp³-hybridized carbons (Fsp3) is 0.360. The van der Waals surface area contributed by atoms with E-state index in [1.165, 1.54) is 47.9 Å². The molecule has 0 nitrogen and oxygen atoms in total. The standard InChI is InChI=1S/C25H30.K/c1-3-5-7-13-19-25(20-14-8-6-4-2)23-17-11-9-15-21(23)22-16-10-12-18-24(22)25;/h9-20H,3-8H2,1-2H3;. The van der Waals surface area contributed by atoms with Gasteiger partial charge in [-0.15, -0.1) is 0 Å². The summed E-state index contributed by atoms with van der Waals surface area (Å²) < 4.78 is 0. The summed E-state index contributed by atoms with van der Waals surface area (Å²) in [5, 5.41) is 0. The Kier molecular flexibility index (Phi) is 9.06. The predicted molar refractivity (Wildman–Crippen MR) is 116 cm³/mol. The molecule has 1 heteroatoms. The Bertz CT molecular complexity index is 689. The van der Waals surface area contributed by atoms with Gasteiger partial charge in [-0.3, -0.25) is 0 Å². The monoisotopic (exact) mass is 369 g/mol. The molecular weight excluding hydrogens is 339 g/mol. The van der Waals surface area contributed by atoms with Crippen LogP contribution in [0.5, 0.6) is 0 Å². The van der Waals surface area contributed by atoms with Crippen molar-refractivity contribution in [3.63, 3.8) is 0 Å².